The standard InChI is InChI=1S/C66H133N2O6P/c1-6-8-10-12-14-16-18-20-22-24-26-28-29-30-31-32-33-34-35-36-37-38-40-42-44-46-48-50-52-54-56-58-60-66(70)67-64(63-74-75(71,72)73-62-61-68(3,4)5)65(69)59-57-55-53-51-49-47-45-43-41-39-27-25-23-21-19-17-15-13-11-9-7-2/h30-31,64-65,69H,6-29,32-63H2,1-5H3,(H-,67,70,71,72)/p+1/b31-30-. The lowest BCUT2D eigenvalue weighted by Crippen LogP contribution is -2.46. The fraction of sp³-hybridized carbons (Fsp3) is 0.955. The number of quaternary nitrogens is 1. The Labute approximate surface area is 469 Å². The number of allylic oxidation sites excluding steroid dienone is 2. The average molecular weight is 1080 g/mol. The molecule has 0 aromatic carbocycles. The summed E-state index contributed by atoms with van der Waals surface area (Å²) in [5.74, 6) is -0.136. The van der Waals surface area contributed by atoms with Gasteiger partial charge in [-0.25, -0.2) is 4.57 Å². The molecule has 75 heavy (non-hydrogen) atoms. The van der Waals surface area contributed by atoms with E-state index in [4.69, 9.17) is 9.05 Å². The van der Waals surface area contributed by atoms with Crippen LogP contribution in [0.15, 0.2) is 12.2 Å². The van der Waals surface area contributed by atoms with Gasteiger partial charge in [-0.05, 0) is 38.5 Å². The van der Waals surface area contributed by atoms with Crippen LogP contribution in [-0.2, 0) is 18.4 Å². The largest absolute Gasteiger partial charge is 0.472 e. The van der Waals surface area contributed by atoms with E-state index in [1.807, 2.05) is 21.1 Å². The summed E-state index contributed by atoms with van der Waals surface area (Å²) in [5.41, 5.74) is 0. The number of nitrogens with zero attached hydrogens (tertiary/aromatic N) is 1. The second-order valence-corrected chi connectivity index (χ2v) is 26.0. The van der Waals surface area contributed by atoms with E-state index >= 15 is 0 Å². The van der Waals surface area contributed by atoms with Gasteiger partial charge in [-0.1, -0.05) is 321 Å². The first kappa shape index (κ1) is 74.2. The van der Waals surface area contributed by atoms with E-state index in [-0.39, 0.29) is 19.1 Å². The molecule has 3 unspecified atom stereocenters. The summed E-state index contributed by atoms with van der Waals surface area (Å²) >= 11 is 0. The summed E-state index contributed by atoms with van der Waals surface area (Å²) in [4.78, 5) is 23.4. The highest BCUT2D eigenvalue weighted by Crippen LogP contribution is 2.43. The Kier molecular flexibility index (Phi) is 57.3. The van der Waals surface area contributed by atoms with Crippen LogP contribution in [0.5, 0.6) is 0 Å². The van der Waals surface area contributed by atoms with Crippen molar-refractivity contribution in [3.63, 3.8) is 0 Å². The number of likely N-dealkylation sites (N-methyl/N-ethyl adjacent to an activating group) is 1. The molecule has 0 spiro atoms. The van der Waals surface area contributed by atoms with Crippen molar-refractivity contribution in [2.45, 2.75) is 366 Å². The van der Waals surface area contributed by atoms with E-state index in [0.29, 0.717) is 23.9 Å². The lowest BCUT2D eigenvalue weighted by atomic mass is 10.0. The molecule has 0 saturated heterocycles. The van der Waals surface area contributed by atoms with Gasteiger partial charge in [0.05, 0.1) is 39.9 Å². The molecule has 0 aliphatic heterocycles. The van der Waals surface area contributed by atoms with Gasteiger partial charge in [0.25, 0.3) is 0 Å². The Bertz CT molecular complexity index is 1230. The van der Waals surface area contributed by atoms with Crippen LogP contribution in [0.2, 0.25) is 0 Å². The minimum Gasteiger partial charge on any atom is -0.391 e. The SMILES string of the molecule is CCCCCCCCCCCCCC/C=C\CCCCCCCCCCCCCCCCCCC(=O)NC(COP(=O)(O)OCC[N+](C)(C)C)C(O)CCCCCCCCCCCCCCCCCCCCCCC. The predicted octanol–water partition coefficient (Wildman–Crippen LogP) is 20.9. The third kappa shape index (κ3) is 60.7. The summed E-state index contributed by atoms with van der Waals surface area (Å²) in [7, 11) is 1.64. The Morgan fingerprint density at radius 2 is 0.720 bits per heavy atom. The van der Waals surface area contributed by atoms with E-state index in [9.17, 15) is 19.4 Å². The van der Waals surface area contributed by atoms with Gasteiger partial charge in [-0.2, -0.15) is 0 Å². The molecule has 0 saturated carbocycles. The van der Waals surface area contributed by atoms with Gasteiger partial charge in [0.15, 0.2) is 0 Å². The van der Waals surface area contributed by atoms with Gasteiger partial charge < -0.3 is 19.8 Å². The van der Waals surface area contributed by atoms with Crippen molar-refractivity contribution in [1.82, 2.24) is 5.32 Å². The second kappa shape index (κ2) is 57.9. The maximum absolute atomic E-state index is 13.1. The highest BCUT2D eigenvalue weighted by Gasteiger charge is 2.28. The van der Waals surface area contributed by atoms with Crippen LogP contribution in [0.3, 0.4) is 0 Å². The second-order valence-electron chi connectivity index (χ2n) is 24.6. The molecule has 0 bridgehead atoms. The number of hydrogen-bond acceptors (Lipinski definition) is 5. The van der Waals surface area contributed by atoms with E-state index < -0.39 is 20.0 Å². The molecule has 0 radical (unpaired) electrons. The first-order valence-corrected chi connectivity index (χ1v) is 35.0. The lowest BCUT2D eigenvalue weighted by molar-refractivity contribution is -0.870. The van der Waals surface area contributed by atoms with Crippen molar-refractivity contribution in [2.24, 2.45) is 0 Å². The quantitative estimate of drug-likeness (QED) is 0.0243. The summed E-state index contributed by atoms with van der Waals surface area (Å²) in [5, 5.41) is 14.1. The van der Waals surface area contributed by atoms with E-state index in [0.717, 1.165) is 38.5 Å². The molecule has 0 aromatic heterocycles. The van der Waals surface area contributed by atoms with Crippen LogP contribution in [-0.4, -0.2) is 73.4 Å². The van der Waals surface area contributed by atoms with Crippen molar-refractivity contribution < 1.29 is 32.9 Å². The number of aliphatic hydroxyl groups is 1. The molecule has 8 nitrogen and oxygen atoms in total. The van der Waals surface area contributed by atoms with Crippen LogP contribution in [0.25, 0.3) is 0 Å². The van der Waals surface area contributed by atoms with Crippen molar-refractivity contribution in [3.8, 4) is 0 Å². The zero-order chi connectivity index (χ0) is 54.9. The maximum atomic E-state index is 13.1. The minimum absolute atomic E-state index is 0.0781. The molecule has 3 atom stereocenters. The van der Waals surface area contributed by atoms with Gasteiger partial charge >= 0.3 is 7.82 Å². The molecule has 3 N–H and O–H groups in total. The van der Waals surface area contributed by atoms with E-state index in [2.05, 4.69) is 31.3 Å². The topological polar surface area (TPSA) is 105 Å². The number of unbranched alkanes of at least 4 members (excludes halogenated alkanes) is 48. The zero-order valence-corrected chi connectivity index (χ0v) is 52.2. The normalized spacial score (nSPS) is 13.7. The molecule has 9 heteroatoms. The molecule has 448 valence electrons. The molecule has 1 amide bonds. The number of phosphoric acid groups is 1. The molecule has 0 aliphatic rings. The minimum atomic E-state index is -4.32. The van der Waals surface area contributed by atoms with Crippen molar-refractivity contribution in [1.29, 1.82) is 0 Å². The van der Waals surface area contributed by atoms with Crippen LogP contribution in [0, 0.1) is 0 Å². The van der Waals surface area contributed by atoms with E-state index in [1.54, 1.807) is 0 Å². The number of carbonyl (C=O) groups excluding carboxylic acids is 1. The first-order valence-electron chi connectivity index (χ1n) is 33.6. The third-order valence-corrected chi connectivity index (χ3v) is 16.7. The van der Waals surface area contributed by atoms with Gasteiger partial charge in [0.2, 0.25) is 5.91 Å². The Morgan fingerprint density at radius 3 is 1.03 bits per heavy atom. The monoisotopic (exact) mass is 1080 g/mol. The fourth-order valence-corrected chi connectivity index (χ4v) is 11.3. The van der Waals surface area contributed by atoms with Gasteiger partial charge in [-0.15, -0.1) is 0 Å². The molecule has 0 heterocycles. The number of rotatable bonds is 63. The van der Waals surface area contributed by atoms with Crippen LogP contribution >= 0.6 is 7.82 Å². The molecule has 0 fully saturated rings. The van der Waals surface area contributed by atoms with Gasteiger partial charge in [-0.3, -0.25) is 13.8 Å². The molecule has 0 aliphatic carbocycles. The molecular weight excluding hydrogens is 948 g/mol. The zero-order valence-electron chi connectivity index (χ0n) is 51.3. The maximum Gasteiger partial charge on any atom is 0.472 e. The first-order chi connectivity index (χ1) is 36.5. The highest BCUT2D eigenvalue weighted by molar-refractivity contribution is 7.47. The lowest BCUT2D eigenvalue weighted by Gasteiger charge is -2.26. The van der Waals surface area contributed by atoms with Crippen molar-refractivity contribution >= 4 is 13.7 Å². The highest BCUT2D eigenvalue weighted by atomic mass is 31.2. The van der Waals surface area contributed by atoms with Crippen LogP contribution in [0.1, 0.15) is 354 Å². The van der Waals surface area contributed by atoms with Crippen LogP contribution in [0.4, 0.5) is 0 Å². The Morgan fingerprint density at radius 1 is 0.440 bits per heavy atom. The van der Waals surface area contributed by atoms with Gasteiger partial charge in [0, 0.05) is 6.42 Å². The number of hydrogen-bond donors (Lipinski definition) is 3. The molecular formula is C66H134N2O6P+. The van der Waals surface area contributed by atoms with E-state index in [1.165, 1.54) is 289 Å². The predicted molar refractivity (Wildman–Crippen MR) is 328 cm³/mol. The number of aliphatic hydroxyl groups excluding tert-OH is 1. The van der Waals surface area contributed by atoms with Crippen molar-refractivity contribution in [3.05, 3.63) is 12.2 Å². The summed E-state index contributed by atoms with van der Waals surface area (Å²) in [6, 6.07) is -0.758. The smallest absolute Gasteiger partial charge is 0.391 e. The Balaban J connectivity index is 4.00. The molecule has 0 aromatic rings. The van der Waals surface area contributed by atoms with Crippen LogP contribution < -0.4 is 5.32 Å². The molecule has 0 rings (SSSR count). The third-order valence-electron chi connectivity index (χ3n) is 15.8. The number of nitrogens with one attached hydrogen (secondary N) is 1. The van der Waals surface area contributed by atoms with Gasteiger partial charge in [0.1, 0.15) is 13.2 Å². The summed E-state index contributed by atoms with van der Waals surface area (Å²) in [6.45, 7) is 4.95. The number of amides is 1. The van der Waals surface area contributed by atoms with Crippen molar-refractivity contribution in [2.75, 3.05) is 40.9 Å². The summed E-state index contributed by atoms with van der Waals surface area (Å²) < 4.78 is 23.9. The summed E-state index contributed by atoms with van der Waals surface area (Å²) in [6.07, 6.45) is 73.0. The Hall–Kier alpha value is -0.760. The average Bonchev–Trinajstić information content (AvgIpc) is 3.37. The number of phosphoric ester groups is 1. The fourth-order valence-electron chi connectivity index (χ4n) is 10.5. The number of carbonyl (C=O) groups is 1.